The number of thioether (sulfide) groups is 1. The molecule has 3 atom stereocenters. The first-order valence-electron chi connectivity index (χ1n) is 8.04. The Bertz CT molecular complexity index is 522. The molecular weight excluding hydrogens is 288 g/mol. The van der Waals surface area contributed by atoms with Crippen molar-refractivity contribution in [3.8, 4) is 0 Å². The maximum absolute atomic E-state index is 9.00. The topological polar surface area (TPSA) is 20.2 Å². The van der Waals surface area contributed by atoms with Gasteiger partial charge < -0.3 is 5.11 Å². The molecule has 0 aliphatic heterocycles. The fraction of sp³-hybridized carbons (Fsp3) is 0.400. The van der Waals surface area contributed by atoms with Crippen LogP contribution < -0.4 is 0 Å². The fourth-order valence-electron chi connectivity index (χ4n) is 2.93. The third kappa shape index (κ3) is 4.89. The molecule has 0 fully saturated rings. The average molecular weight is 314 g/mol. The monoisotopic (exact) mass is 314 g/mol. The van der Waals surface area contributed by atoms with Crippen LogP contribution in [0.25, 0.3) is 0 Å². The van der Waals surface area contributed by atoms with Gasteiger partial charge in [0, 0.05) is 23.0 Å². The zero-order valence-electron chi connectivity index (χ0n) is 13.3. The minimum Gasteiger partial charge on any atom is -0.396 e. The lowest BCUT2D eigenvalue weighted by Crippen LogP contribution is -2.16. The Morgan fingerprint density at radius 2 is 2.27 bits per heavy atom. The summed E-state index contributed by atoms with van der Waals surface area (Å²) >= 11 is 2.01. The molecule has 0 amide bonds. The zero-order chi connectivity index (χ0) is 15.8. The molecule has 2 heteroatoms. The highest BCUT2D eigenvalue weighted by Gasteiger charge is 2.21. The number of rotatable bonds is 7. The maximum atomic E-state index is 9.00. The van der Waals surface area contributed by atoms with Crippen LogP contribution >= 0.6 is 11.8 Å². The molecule has 0 saturated carbocycles. The predicted octanol–water partition coefficient (Wildman–Crippen LogP) is 4.99. The fourth-order valence-corrected chi connectivity index (χ4v) is 4.24. The van der Waals surface area contributed by atoms with E-state index in [9.17, 15) is 0 Å². The Hall–Kier alpha value is -1.25. The minimum absolute atomic E-state index is 0.234. The molecule has 1 nitrogen and oxygen atoms in total. The normalized spacial score (nSPS) is 25.9. The molecule has 0 bridgehead atoms. The molecule has 0 aromatic rings. The van der Waals surface area contributed by atoms with Crippen molar-refractivity contribution in [3.63, 3.8) is 0 Å². The van der Waals surface area contributed by atoms with Gasteiger partial charge in [-0.2, -0.15) is 0 Å². The van der Waals surface area contributed by atoms with Crippen molar-refractivity contribution in [1.29, 1.82) is 0 Å². The standard InChI is InChI=1S/C20H26OS/c1-3-7-20(18-8-5-4-6-9-18)16(2)22-19-12-10-17(11-13-19)14-15-21/h3-8,10-12,16,18-19,21H,1,9,13-15H2,2H3/b20-7+/t16?,18-,19?/m1/s1. The number of hydrogen-bond acceptors (Lipinski definition) is 2. The Kier molecular flexibility index (Phi) is 7.01. The van der Waals surface area contributed by atoms with Gasteiger partial charge in [0.15, 0.2) is 0 Å². The van der Waals surface area contributed by atoms with E-state index in [1.54, 1.807) is 0 Å². The molecule has 0 spiro atoms. The predicted molar refractivity (Wildman–Crippen MR) is 99.1 cm³/mol. The number of aliphatic hydroxyl groups excluding tert-OH is 1. The van der Waals surface area contributed by atoms with Gasteiger partial charge in [0.05, 0.1) is 0 Å². The first-order valence-corrected chi connectivity index (χ1v) is 8.98. The highest BCUT2D eigenvalue weighted by atomic mass is 32.2. The lowest BCUT2D eigenvalue weighted by molar-refractivity contribution is 0.300. The smallest absolute Gasteiger partial charge is 0.0471 e. The highest BCUT2D eigenvalue weighted by molar-refractivity contribution is 8.00. The van der Waals surface area contributed by atoms with Gasteiger partial charge in [-0.05, 0) is 31.8 Å². The average Bonchev–Trinajstić information content (AvgIpc) is 2.55. The van der Waals surface area contributed by atoms with Crippen molar-refractivity contribution in [2.24, 2.45) is 5.92 Å². The van der Waals surface area contributed by atoms with Crippen molar-refractivity contribution in [1.82, 2.24) is 0 Å². The SMILES string of the molecule is C=C/C=C(\C(C)SC1C=CC(CCO)=CC1)[C@@H]1C=CC=CC1. The Labute approximate surface area is 138 Å². The molecule has 118 valence electrons. The van der Waals surface area contributed by atoms with Crippen LogP contribution in [0.4, 0.5) is 0 Å². The molecule has 2 rings (SSSR count). The van der Waals surface area contributed by atoms with Gasteiger partial charge in [-0.15, -0.1) is 11.8 Å². The third-order valence-corrected chi connectivity index (χ3v) is 5.48. The van der Waals surface area contributed by atoms with Crippen LogP contribution in [0, 0.1) is 5.92 Å². The number of allylic oxidation sites excluding steroid dienone is 8. The quantitative estimate of drug-likeness (QED) is 0.668. The molecule has 0 heterocycles. The van der Waals surface area contributed by atoms with E-state index in [0.29, 0.717) is 16.4 Å². The van der Waals surface area contributed by atoms with E-state index < -0.39 is 0 Å². The zero-order valence-corrected chi connectivity index (χ0v) is 14.1. The second kappa shape index (κ2) is 9.02. The summed E-state index contributed by atoms with van der Waals surface area (Å²) in [6, 6.07) is 0. The van der Waals surface area contributed by atoms with E-state index in [2.05, 4.69) is 62.1 Å². The Balaban J connectivity index is 1.95. The van der Waals surface area contributed by atoms with E-state index in [1.165, 1.54) is 11.1 Å². The molecule has 2 aliphatic rings. The van der Waals surface area contributed by atoms with Gasteiger partial charge in [-0.25, -0.2) is 0 Å². The second-order valence-corrected chi connectivity index (χ2v) is 7.31. The second-order valence-electron chi connectivity index (χ2n) is 5.72. The van der Waals surface area contributed by atoms with Crippen LogP contribution in [0.2, 0.25) is 0 Å². The largest absolute Gasteiger partial charge is 0.396 e. The van der Waals surface area contributed by atoms with E-state index >= 15 is 0 Å². The number of aliphatic hydroxyl groups is 1. The van der Waals surface area contributed by atoms with Crippen LogP contribution in [0.15, 0.2) is 72.4 Å². The minimum atomic E-state index is 0.234. The summed E-state index contributed by atoms with van der Waals surface area (Å²) in [5.74, 6) is 0.499. The van der Waals surface area contributed by atoms with Gasteiger partial charge in [-0.1, -0.05) is 66.8 Å². The summed E-state index contributed by atoms with van der Waals surface area (Å²) in [5.41, 5.74) is 2.72. The summed E-state index contributed by atoms with van der Waals surface area (Å²) in [4.78, 5) is 0. The van der Waals surface area contributed by atoms with Gasteiger partial charge >= 0.3 is 0 Å². The summed E-state index contributed by atoms with van der Waals surface area (Å²) in [6.07, 6.45) is 22.5. The third-order valence-electron chi connectivity index (χ3n) is 4.11. The van der Waals surface area contributed by atoms with Crippen molar-refractivity contribution < 1.29 is 5.11 Å². The van der Waals surface area contributed by atoms with Crippen molar-refractivity contribution >= 4 is 11.8 Å². The van der Waals surface area contributed by atoms with E-state index in [4.69, 9.17) is 5.11 Å². The molecule has 1 N–H and O–H groups in total. The molecule has 0 aromatic heterocycles. The molecule has 2 aliphatic carbocycles. The van der Waals surface area contributed by atoms with Gasteiger partial charge in [-0.3, -0.25) is 0 Å². The highest BCUT2D eigenvalue weighted by Crippen LogP contribution is 2.35. The van der Waals surface area contributed by atoms with Crippen LogP contribution in [0.3, 0.4) is 0 Å². The van der Waals surface area contributed by atoms with Gasteiger partial charge in [0.2, 0.25) is 0 Å². The van der Waals surface area contributed by atoms with Crippen LogP contribution in [-0.2, 0) is 0 Å². The first-order chi connectivity index (χ1) is 10.7. The van der Waals surface area contributed by atoms with Crippen molar-refractivity contribution in [3.05, 3.63) is 72.4 Å². The van der Waals surface area contributed by atoms with Crippen LogP contribution in [0.5, 0.6) is 0 Å². The van der Waals surface area contributed by atoms with E-state index in [0.717, 1.165) is 19.3 Å². The van der Waals surface area contributed by atoms with E-state index in [1.807, 2.05) is 17.8 Å². The summed E-state index contributed by atoms with van der Waals surface area (Å²) < 4.78 is 0. The summed E-state index contributed by atoms with van der Waals surface area (Å²) in [5, 5.41) is 9.99. The Morgan fingerprint density at radius 1 is 1.41 bits per heavy atom. The Morgan fingerprint density at radius 3 is 2.86 bits per heavy atom. The van der Waals surface area contributed by atoms with Crippen LogP contribution in [0.1, 0.15) is 26.2 Å². The molecule has 2 unspecified atom stereocenters. The van der Waals surface area contributed by atoms with E-state index in [-0.39, 0.29) is 6.61 Å². The van der Waals surface area contributed by atoms with Gasteiger partial charge in [0.1, 0.15) is 0 Å². The first kappa shape index (κ1) is 17.1. The van der Waals surface area contributed by atoms with Crippen molar-refractivity contribution in [2.45, 2.75) is 36.7 Å². The molecular formula is C20H26OS. The number of hydrogen-bond donors (Lipinski definition) is 1. The maximum Gasteiger partial charge on any atom is 0.0471 e. The molecule has 0 saturated heterocycles. The lowest BCUT2D eigenvalue weighted by atomic mass is 9.90. The molecule has 0 aromatic carbocycles. The van der Waals surface area contributed by atoms with Gasteiger partial charge in [0.25, 0.3) is 0 Å². The summed E-state index contributed by atoms with van der Waals surface area (Å²) in [7, 11) is 0. The van der Waals surface area contributed by atoms with Crippen molar-refractivity contribution in [2.75, 3.05) is 6.61 Å². The van der Waals surface area contributed by atoms with Crippen LogP contribution in [-0.4, -0.2) is 22.2 Å². The summed E-state index contributed by atoms with van der Waals surface area (Å²) in [6.45, 7) is 6.41. The molecule has 0 radical (unpaired) electrons. The lowest BCUT2D eigenvalue weighted by Gasteiger charge is -2.26. The molecule has 22 heavy (non-hydrogen) atoms.